The fourth-order valence-electron chi connectivity index (χ4n) is 1.26. The first-order valence-corrected chi connectivity index (χ1v) is 5.26. The van der Waals surface area contributed by atoms with Gasteiger partial charge in [-0.05, 0) is 23.1 Å². The van der Waals surface area contributed by atoms with E-state index >= 15 is 0 Å². The average Bonchev–Trinajstić information content (AvgIpc) is 2.14. The van der Waals surface area contributed by atoms with E-state index in [0.29, 0.717) is 12.5 Å². The van der Waals surface area contributed by atoms with Crippen LogP contribution in [0, 0.1) is 0 Å². The van der Waals surface area contributed by atoms with E-state index < -0.39 is 0 Å². The van der Waals surface area contributed by atoms with Crippen molar-refractivity contribution in [3.8, 4) is 0 Å². The molecular formula is C11H12BrNO. The van der Waals surface area contributed by atoms with Crippen molar-refractivity contribution in [3.63, 3.8) is 0 Å². The molecular weight excluding hydrogens is 242 g/mol. The fourth-order valence-corrected chi connectivity index (χ4v) is 2.14. The second-order valence-corrected chi connectivity index (χ2v) is 4.27. The Balaban J connectivity index is 2.94. The Kier molecular flexibility index (Phi) is 4.05. The Bertz CT molecular complexity index is 368. The molecule has 0 aromatic heterocycles. The third-order valence-corrected chi connectivity index (χ3v) is 2.70. The Morgan fingerprint density at radius 2 is 2.21 bits per heavy atom. The van der Waals surface area contributed by atoms with Crippen LogP contribution in [0.3, 0.4) is 0 Å². The summed E-state index contributed by atoms with van der Waals surface area (Å²) in [5.74, 6) is 0.494. The van der Waals surface area contributed by atoms with E-state index in [2.05, 4.69) is 40.8 Å². The molecule has 0 fully saturated rings. The molecule has 0 aliphatic rings. The molecule has 2 nitrogen and oxygen atoms in total. The van der Waals surface area contributed by atoms with Crippen LogP contribution >= 0.6 is 15.9 Å². The van der Waals surface area contributed by atoms with Crippen molar-refractivity contribution in [2.45, 2.75) is 26.3 Å². The maximum atomic E-state index is 9.93. The predicted octanol–water partition coefficient (Wildman–Crippen LogP) is 3.41. The Hall–Kier alpha value is -0.920. The summed E-state index contributed by atoms with van der Waals surface area (Å²) in [6, 6.07) is 6.04. The number of carbonyl (C=O) groups excluding carboxylic acids is 1. The highest BCUT2D eigenvalue weighted by molar-refractivity contribution is 9.10. The zero-order valence-electron chi connectivity index (χ0n) is 8.25. The van der Waals surface area contributed by atoms with Gasteiger partial charge < -0.3 is 0 Å². The highest BCUT2D eigenvalue weighted by atomic mass is 79.9. The summed E-state index contributed by atoms with van der Waals surface area (Å²) in [4.78, 5) is 13.5. The lowest BCUT2D eigenvalue weighted by Gasteiger charge is -2.08. The number of hydrogen-bond acceptors (Lipinski definition) is 2. The van der Waals surface area contributed by atoms with Crippen LogP contribution in [0.25, 0.3) is 0 Å². The molecule has 0 aliphatic carbocycles. The smallest absolute Gasteiger partial charge is 0.211 e. The molecule has 0 atom stereocenters. The van der Waals surface area contributed by atoms with Gasteiger partial charge in [0.1, 0.15) is 0 Å². The average molecular weight is 254 g/mol. The fraction of sp³-hybridized carbons (Fsp3) is 0.364. The van der Waals surface area contributed by atoms with Crippen LogP contribution in [0.1, 0.15) is 30.9 Å². The third kappa shape index (κ3) is 2.79. The van der Waals surface area contributed by atoms with Gasteiger partial charge in [0.25, 0.3) is 0 Å². The van der Waals surface area contributed by atoms with E-state index in [0.717, 1.165) is 10.0 Å². The van der Waals surface area contributed by atoms with Crippen molar-refractivity contribution < 1.29 is 4.79 Å². The molecule has 0 aliphatic heterocycles. The summed E-state index contributed by atoms with van der Waals surface area (Å²) >= 11 is 3.50. The number of aliphatic imine (C=N–C) groups is 1. The molecule has 0 N–H and O–H groups in total. The van der Waals surface area contributed by atoms with Crippen molar-refractivity contribution in [1.82, 2.24) is 0 Å². The number of rotatable bonds is 3. The van der Waals surface area contributed by atoms with E-state index in [1.165, 1.54) is 11.6 Å². The summed E-state index contributed by atoms with van der Waals surface area (Å²) in [6.45, 7) is 4.69. The zero-order chi connectivity index (χ0) is 10.6. The molecule has 0 spiro atoms. The molecule has 1 aromatic rings. The third-order valence-electron chi connectivity index (χ3n) is 2.01. The van der Waals surface area contributed by atoms with Crippen molar-refractivity contribution in [3.05, 3.63) is 33.8 Å². The maximum Gasteiger partial charge on any atom is 0.235 e. The van der Waals surface area contributed by atoms with E-state index in [-0.39, 0.29) is 0 Å². The van der Waals surface area contributed by atoms with E-state index in [4.69, 9.17) is 0 Å². The van der Waals surface area contributed by atoms with Gasteiger partial charge in [0.2, 0.25) is 6.08 Å². The minimum atomic E-state index is 0.403. The summed E-state index contributed by atoms with van der Waals surface area (Å²) in [5.41, 5.74) is 2.29. The molecule has 3 heteroatoms. The molecule has 14 heavy (non-hydrogen) atoms. The van der Waals surface area contributed by atoms with E-state index in [1.807, 2.05) is 12.1 Å². The normalized spacial score (nSPS) is 10.0. The van der Waals surface area contributed by atoms with Gasteiger partial charge in [0, 0.05) is 4.47 Å². The number of isocyanates is 1. The molecule has 0 unspecified atom stereocenters. The number of hydrogen-bond donors (Lipinski definition) is 0. The number of halogens is 1. The quantitative estimate of drug-likeness (QED) is 0.600. The maximum absolute atomic E-state index is 9.93. The summed E-state index contributed by atoms with van der Waals surface area (Å²) in [7, 11) is 0. The van der Waals surface area contributed by atoms with Gasteiger partial charge in [-0.3, -0.25) is 0 Å². The number of benzene rings is 1. The van der Waals surface area contributed by atoms with Crippen LogP contribution in [0.15, 0.2) is 27.7 Å². The van der Waals surface area contributed by atoms with Crippen molar-refractivity contribution in [1.29, 1.82) is 0 Å². The summed E-state index contributed by atoms with van der Waals surface area (Å²) < 4.78 is 1.08. The Morgan fingerprint density at radius 1 is 1.50 bits per heavy atom. The monoisotopic (exact) mass is 253 g/mol. The summed E-state index contributed by atoms with van der Waals surface area (Å²) in [6.07, 6.45) is 1.53. The largest absolute Gasteiger partial charge is 0.235 e. The van der Waals surface area contributed by atoms with Crippen LogP contribution in [0.4, 0.5) is 0 Å². The lowest BCUT2D eigenvalue weighted by molar-refractivity contribution is 0.563. The molecule has 1 rings (SSSR count). The lowest BCUT2D eigenvalue weighted by Crippen LogP contribution is -1.91. The van der Waals surface area contributed by atoms with Crippen LogP contribution < -0.4 is 0 Å². The van der Waals surface area contributed by atoms with Gasteiger partial charge in [0.05, 0.1) is 6.54 Å². The van der Waals surface area contributed by atoms with E-state index in [1.54, 1.807) is 0 Å². The highest BCUT2D eigenvalue weighted by Crippen LogP contribution is 2.25. The Labute approximate surface area is 92.2 Å². The minimum Gasteiger partial charge on any atom is -0.211 e. The van der Waals surface area contributed by atoms with Crippen LogP contribution in [-0.2, 0) is 11.3 Å². The second kappa shape index (κ2) is 5.08. The van der Waals surface area contributed by atoms with Crippen LogP contribution in [0.5, 0.6) is 0 Å². The predicted molar refractivity (Wildman–Crippen MR) is 60.1 cm³/mol. The first-order valence-electron chi connectivity index (χ1n) is 4.47. The molecule has 0 amide bonds. The second-order valence-electron chi connectivity index (χ2n) is 3.42. The van der Waals surface area contributed by atoms with Gasteiger partial charge in [-0.25, -0.2) is 9.79 Å². The minimum absolute atomic E-state index is 0.403. The van der Waals surface area contributed by atoms with Gasteiger partial charge in [-0.1, -0.05) is 41.9 Å². The van der Waals surface area contributed by atoms with Crippen molar-refractivity contribution in [2.75, 3.05) is 0 Å². The van der Waals surface area contributed by atoms with Crippen LogP contribution in [-0.4, -0.2) is 6.08 Å². The van der Waals surface area contributed by atoms with Crippen LogP contribution in [0.2, 0.25) is 0 Å². The van der Waals surface area contributed by atoms with Gasteiger partial charge >= 0.3 is 0 Å². The molecule has 0 saturated heterocycles. The van der Waals surface area contributed by atoms with Gasteiger partial charge in [-0.15, -0.1) is 0 Å². The zero-order valence-corrected chi connectivity index (χ0v) is 9.84. The standard InChI is InChI=1S/C11H12BrNO/c1-8(2)10-4-3-9(5-11(10)12)6-13-7-14/h3-5,8H,6H2,1-2H3. The highest BCUT2D eigenvalue weighted by Gasteiger charge is 2.04. The molecule has 0 saturated carbocycles. The summed E-state index contributed by atoms with van der Waals surface area (Å²) in [5, 5.41) is 0. The first-order chi connectivity index (χ1) is 6.65. The first kappa shape index (κ1) is 11.2. The number of nitrogens with zero attached hydrogens (tertiary/aromatic N) is 1. The van der Waals surface area contributed by atoms with Crippen molar-refractivity contribution in [2.24, 2.45) is 4.99 Å². The Morgan fingerprint density at radius 3 is 2.71 bits per heavy atom. The van der Waals surface area contributed by atoms with Gasteiger partial charge in [0.15, 0.2) is 0 Å². The lowest BCUT2D eigenvalue weighted by atomic mass is 10.0. The van der Waals surface area contributed by atoms with Gasteiger partial charge in [-0.2, -0.15) is 0 Å². The molecule has 74 valence electrons. The molecule has 0 heterocycles. The van der Waals surface area contributed by atoms with E-state index in [9.17, 15) is 4.79 Å². The SMILES string of the molecule is CC(C)c1ccc(CN=C=O)cc1Br. The molecule has 1 aromatic carbocycles. The molecule has 0 bridgehead atoms. The topological polar surface area (TPSA) is 29.4 Å². The molecule has 0 radical (unpaired) electrons. The van der Waals surface area contributed by atoms with Crippen molar-refractivity contribution >= 4 is 22.0 Å².